The zero-order chi connectivity index (χ0) is 91.1. The Bertz CT molecular complexity index is 4600. The molecule has 18 rings (SSSR count). The number of urea groups is 3. The molecule has 4 unspecified atom stereocenters. The van der Waals surface area contributed by atoms with Crippen LogP contribution in [0.15, 0.2) is 91.0 Å². The number of morpholine rings is 3. The number of fused-ring (bicyclic) bond motifs is 3. The second kappa shape index (κ2) is 37.7. The van der Waals surface area contributed by atoms with Crippen molar-refractivity contribution in [1.82, 2.24) is 45.6 Å². The first kappa shape index (κ1) is 91.7. The lowest BCUT2D eigenvalue weighted by Gasteiger charge is -2.30. The maximum absolute atomic E-state index is 13.1. The predicted molar refractivity (Wildman–Crippen MR) is 507 cm³/mol. The molecule has 9 atom stereocenters. The van der Waals surface area contributed by atoms with Crippen LogP contribution in [0.1, 0.15) is 158 Å². The normalized spacial score (nSPS) is 25.0. The van der Waals surface area contributed by atoms with Crippen molar-refractivity contribution in [3.8, 4) is 33.4 Å². The number of alkyl carbamates (subject to hydrolysis) is 3. The van der Waals surface area contributed by atoms with Crippen molar-refractivity contribution in [1.29, 1.82) is 0 Å². The van der Waals surface area contributed by atoms with Gasteiger partial charge in [-0.1, -0.05) is 58.2 Å². The van der Waals surface area contributed by atoms with Gasteiger partial charge in [0.25, 0.3) is 0 Å². The highest BCUT2D eigenvalue weighted by Gasteiger charge is 2.64. The van der Waals surface area contributed by atoms with Crippen molar-refractivity contribution in [3.63, 3.8) is 0 Å². The van der Waals surface area contributed by atoms with Crippen LogP contribution in [0.3, 0.4) is 0 Å². The Hall–Kier alpha value is -10.6. The number of carbonyl (C=O) groups excluding carboxylic acids is 6. The summed E-state index contributed by atoms with van der Waals surface area (Å²) in [5.74, 6) is 8.32. The van der Waals surface area contributed by atoms with Gasteiger partial charge in [0.05, 0.1) is 56.3 Å². The van der Waals surface area contributed by atoms with Crippen LogP contribution in [0.2, 0.25) is 0 Å². The second-order valence-electron chi connectivity index (χ2n) is 41.1. The number of pyridine rings is 3. The minimum absolute atomic E-state index is 0.0331. The predicted octanol–water partition coefficient (Wildman–Crippen LogP) is 15.8. The molecule has 12 aliphatic rings. The van der Waals surface area contributed by atoms with E-state index in [0.29, 0.717) is 94.8 Å². The largest absolute Gasteiger partial charge is 0.444 e. The molecule has 0 radical (unpaired) electrons. The number of amides is 9. The van der Waals surface area contributed by atoms with Crippen molar-refractivity contribution in [2.75, 3.05) is 203 Å². The molecule has 9 aliphatic heterocycles. The molecule has 0 bridgehead atoms. The van der Waals surface area contributed by atoms with Gasteiger partial charge in [-0.3, -0.25) is 0 Å². The van der Waals surface area contributed by atoms with Crippen molar-refractivity contribution in [2.24, 2.45) is 35.5 Å². The number of nitrogens with zero attached hydrogens (tertiary/aromatic N) is 12. The van der Waals surface area contributed by atoms with Gasteiger partial charge in [0.2, 0.25) is 0 Å². The first-order chi connectivity index (χ1) is 61.5. The monoisotopic (exact) mass is 1770 g/mol. The van der Waals surface area contributed by atoms with Crippen molar-refractivity contribution < 1.29 is 57.2 Å². The molecule has 0 spiro atoms. The van der Waals surface area contributed by atoms with Gasteiger partial charge in [0, 0.05) is 153 Å². The van der Waals surface area contributed by atoms with Crippen molar-refractivity contribution in [3.05, 3.63) is 108 Å². The molecule has 9 amide bonds. The molecule has 12 heterocycles. The molecule has 129 heavy (non-hydrogen) atoms. The van der Waals surface area contributed by atoms with Gasteiger partial charge in [0.15, 0.2) is 0 Å². The maximum Gasteiger partial charge on any atom is 0.408 e. The molecule has 6 N–H and O–H groups in total. The van der Waals surface area contributed by atoms with Gasteiger partial charge in [-0.15, -0.1) is 0 Å². The molecule has 3 aliphatic carbocycles. The summed E-state index contributed by atoms with van der Waals surface area (Å²) >= 11 is 0. The van der Waals surface area contributed by atoms with Crippen molar-refractivity contribution in [2.45, 2.75) is 195 Å². The SMILES string of the molecule is CC[C@@H]1CCN(C(=O)Nc2ccc(C)c(-c3cc(N4CCOCC4)nc(N4CC5CC5(NC(=O)OC(C)(C)C)C4)c3)c2)C1.CC[C@@H]1CCN(C(=O)Nc2ccc(C)c(-c3cc(N4CCOCC4)nc(N4CC5C[C@@]5(NC(=O)OC(C)(C)C)C4)c3)c2)C1.CC[C@@H]1CCN(C(=O)Nc2ccc(C)c(-c3cc(N4CCOCC4)nc(N4CC5C[C@]5(NC(=O)OC(C)(C)C)C4)c3)c2)C1. The van der Waals surface area contributed by atoms with Crippen LogP contribution < -0.4 is 61.3 Å². The molecular formula is C99H138N18O12. The number of piperidine rings is 3. The van der Waals surface area contributed by atoms with Crippen LogP contribution in [-0.4, -0.2) is 257 Å². The maximum atomic E-state index is 13.1. The number of anilines is 9. The third kappa shape index (κ3) is 22.2. The molecule has 3 aromatic heterocycles. The van der Waals surface area contributed by atoms with E-state index in [0.717, 1.165) is 258 Å². The Morgan fingerprint density at radius 3 is 0.837 bits per heavy atom. The number of hydrogen-bond acceptors (Lipinski definition) is 21. The fourth-order valence-electron chi connectivity index (χ4n) is 20.1. The van der Waals surface area contributed by atoms with Crippen LogP contribution in [0, 0.1) is 56.3 Å². The standard InChI is InChI=1S/3C33H46N6O4/c3*1-6-23-9-10-38(19-23)30(40)34-26-8-7-22(2)27(17-26)24-15-28(37-11-13-42-14-12-37)35-29(16-24)39-20-25-18-33(25,21-39)36-31(41)43-32(3,4)5/h3*7-8,15-17,23,25H,6,9-14,18-21H2,1-5H3,(H,34,40)(H,36,41)/t23-,25?,33?;23-,25?,33+;23-,25?,33-/m111/s1. The number of benzene rings is 3. The summed E-state index contributed by atoms with van der Waals surface area (Å²) in [5, 5.41) is 19.0. The Morgan fingerprint density at radius 1 is 0.357 bits per heavy atom. The van der Waals surface area contributed by atoms with E-state index in [1.54, 1.807) is 0 Å². The highest BCUT2D eigenvalue weighted by Crippen LogP contribution is 2.54. The first-order valence-corrected chi connectivity index (χ1v) is 47.4. The van der Waals surface area contributed by atoms with Gasteiger partial charge >= 0.3 is 36.4 Å². The highest BCUT2D eigenvalue weighted by molar-refractivity contribution is 5.93. The quantitative estimate of drug-likeness (QED) is 0.0436. The summed E-state index contributed by atoms with van der Waals surface area (Å²) in [6.45, 7) is 48.0. The number of ether oxygens (including phenoxy) is 6. The molecule has 30 nitrogen and oxygen atoms in total. The number of carbonyl (C=O) groups is 6. The van der Waals surface area contributed by atoms with Gasteiger partial charge in [-0.25, -0.2) is 43.7 Å². The molecule has 30 heteroatoms. The summed E-state index contributed by atoms with van der Waals surface area (Å²) in [5.41, 5.74) is 9.69. The van der Waals surface area contributed by atoms with Crippen LogP contribution in [0.4, 0.5) is 80.7 Å². The zero-order valence-corrected chi connectivity index (χ0v) is 78.7. The minimum Gasteiger partial charge on any atom is -0.444 e. The van der Waals surface area contributed by atoms with E-state index >= 15 is 0 Å². The van der Waals surface area contributed by atoms with Gasteiger partial charge in [-0.05, 0) is 262 Å². The van der Waals surface area contributed by atoms with Crippen LogP contribution in [0.5, 0.6) is 0 Å². The number of nitrogens with one attached hydrogen (secondary N) is 6. The van der Waals surface area contributed by atoms with E-state index in [1.165, 1.54) is 0 Å². The average Bonchev–Trinajstić information content (AvgIpc) is 1.57. The number of aromatic nitrogens is 3. The Kier molecular flexibility index (Phi) is 26.8. The molecule has 12 fully saturated rings. The number of likely N-dealkylation sites (tertiary alicyclic amines) is 3. The van der Waals surface area contributed by atoms with E-state index in [1.807, 2.05) is 95.2 Å². The van der Waals surface area contributed by atoms with Gasteiger partial charge < -0.3 is 104 Å². The molecule has 696 valence electrons. The zero-order valence-electron chi connectivity index (χ0n) is 78.7. The van der Waals surface area contributed by atoms with E-state index in [4.69, 9.17) is 43.4 Å². The molecule has 3 aromatic carbocycles. The summed E-state index contributed by atoms with van der Waals surface area (Å²) in [6.07, 6.45) is 8.29. The molecular weight excluding hydrogens is 1630 g/mol. The summed E-state index contributed by atoms with van der Waals surface area (Å²) < 4.78 is 33.6. The van der Waals surface area contributed by atoms with E-state index in [2.05, 4.69) is 176 Å². The van der Waals surface area contributed by atoms with Gasteiger partial charge in [0.1, 0.15) is 51.7 Å². The third-order valence-electron chi connectivity index (χ3n) is 27.9. The Labute approximate surface area is 761 Å². The lowest BCUT2D eigenvalue weighted by Crippen LogP contribution is -2.44. The van der Waals surface area contributed by atoms with Crippen LogP contribution >= 0.6 is 0 Å². The first-order valence-electron chi connectivity index (χ1n) is 47.4. The number of aryl methyl sites for hydroxylation is 3. The number of rotatable bonds is 18. The van der Waals surface area contributed by atoms with Crippen LogP contribution in [0.25, 0.3) is 33.4 Å². The molecule has 6 aromatic rings. The highest BCUT2D eigenvalue weighted by atomic mass is 16.6. The van der Waals surface area contributed by atoms with E-state index in [-0.39, 0.29) is 53.0 Å². The fourth-order valence-corrected chi connectivity index (χ4v) is 20.1. The molecule has 9 saturated heterocycles. The number of hydrogen-bond donors (Lipinski definition) is 6. The third-order valence-corrected chi connectivity index (χ3v) is 27.9. The van der Waals surface area contributed by atoms with Gasteiger partial charge in [-0.2, -0.15) is 0 Å². The second-order valence-corrected chi connectivity index (χ2v) is 41.1. The average molecular weight is 1770 g/mol. The fraction of sp³-hybridized carbons (Fsp3) is 0.606. The lowest BCUT2D eigenvalue weighted by molar-refractivity contribution is 0.0486. The smallest absolute Gasteiger partial charge is 0.408 e. The summed E-state index contributed by atoms with van der Waals surface area (Å²) in [6, 6.07) is 31.2. The van der Waals surface area contributed by atoms with Crippen molar-refractivity contribution >= 4 is 88.3 Å². The minimum atomic E-state index is -0.537. The molecule has 3 saturated carbocycles. The summed E-state index contributed by atoms with van der Waals surface area (Å²) in [4.78, 5) is 112. The van der Waals surface area contributed by atoms with E-state index < -0.39 is 16.8 Å². The summed E-state index contributed by atoms with van der Waals surface area (Å²) in [7, 11) is 0. The van der Waals surface area contributed by atoms with E-state index in [9.17, 15) is 28.8 Å². The lowest BCUT2D eigenvalue weighted by atomic mass is 10.00. The Morgan fingerprint density at radius 2 is 0.605 bits per heavy atom. The van der Waals surface area contributed by atoms with Crippen LogP contribution in [-0.2, 0) is 28.4 Å². The topological polar surface area (TPSA) is 298 Å². The Balaban J connectivity index is 0.000000142.